The lowest BCUT2D eigenvalue weighted by molar-refractivity contribution is 0.0936. The van der Waals surface area contributed by atoms with E-state index in [1.165, 1.54) is 18.2 Å². The predicted molar refractivity (Wildman–Crippen MR) is 73.1 cm³/mol. The van der Waals surface area contributed by atoms with E-state index in [-0.39, 0.29) is 23.3 Å². The van der Waals surface area contributed by atoms with E-state index in [0.29, 0.717) is 9.85 Å². The number of phenols is 1. The van der Waals surface area contributed by atoms with E-state index < -0.39 is 0 Å². The van der Waals surface area contributed by atoms with Gasteiger partial charge in [0.05, 0.1) is 5.56 Å². The molecule has 0 aliphatic rings. The first-order valence-corrected chi connectivity index (χ1v) is 6.63. The van der Waals surface area contributed by atoms with Crippen LogP contribution in [0.15, 0.2) is 18.2 Å². The molecule has 0 saturated heterocycles. The van der Waals surface area contributed by atoms with Gasteiger partial charge in [-0.3, -0.25) is 4.79 Å². The Balaban J connectivity index is 2.73. The molecule has 0 aromatic heterocycles. The fourth-order valence-corrected chi connectivity index (χ4v) is 2.27. The predicted octanol–water partition coefficient (Wildman–Crippen LogP) is 3.34. The molecule has 1 aromatic carbocycles. The second kappa shape index (κ2) is 6.26. The Morgan fingerprint density at radius 1 is 1.53 bits per heavy atom. The van der Waals surface area contributed by atoms with Crippen molar-refractivity contribution in [2.24, 2.45) is 0 Å². The number of aromatic hydroxyl groups is 1. The highest BCUT2D eigenvalue weighted by Gasteiger charge is 2.15. The van der Waals surface area contributed by atoms with Gasteiger partial charge < -0.3 is 10.4 Å². The van der Waals surface area contributed by atoms with Crippen molar-refractivity contribution in [3.05, 3.63) is 28.8 Å². The first-order valence-electron chi connectivity index (χ1n) is 5.33. The lowest BCUT2D eigenvalue weighted by Gasteiger charge is -2.15. The van der Waals surface area contributed by atoms with Gasteiger partial charge in [0.2, 0.25) is 0 Å². The summed E-state index contributed by atoms with van der Waals surface area (Å²) in [5.41, 5.74) is 0.201. The monoisotopic (exact) mass is 319 g/mol. The van der Waals surface area contributed by atoms with E-state index >= 15 is 0 Å². The minimum absolute atomic E-state index is 0.0234. The van der Waals surface area contributed by atoms with Crippen LogP contribution in [0.1, 0.15) is 30.6 Å². The summed E-state index contributed by atoms with van der Waals surface area (Å²) in [7, 11) is 0. The molecule has 0 fully saturated rings. The van der Waals surface area contributed by atoms with Gasteiger partial charge in [0.25, 0.3) is 5.91 Å². The minimum atomic E-state index is -0.314. The SMILES string of the molecule is CC(Br)CC(C)NC(=O)c1cc(Cl)ccc1O. The maximum Gasteiger partial charge on any atom is 0.255 e. The van der Waals surface area contributed by atoms with Gasteiger partial charge in [0, 0.05) is 15.9 Å². The van der Waals surface area contributed by atoms with Crippen LogP contribution in [-0.4, -0.2) is 21.9 Å². The zero-order valence-corrected chi connectivity index (χ0v) is 12.0. The molecular formula is C12H15BrClNO2. The van der Waals surface area contributed by atoms with Crippen LogP contribution in [0.3, 0.4) is 0 Å². The first kappa shape index (κ1) is 14.3. The van der Waals surface area contributed by atoms with E-state index in [1.807, 2.05) is 13.8 Å². The summed E-state index contributed by atoms with van der Waals surface area (Å²) in [6.07, 6.45) is 0.813. The van der Waals surface area contributed by atoms with Crippen molar-refractivity contribution in [2.45, 2.75) is 31.1 Å². The van der Waals surface area contributed by atoms with E-state index in [2.05, 4.69) is 21.2 Å². The Labute approximate surface area is 114 Å². The van der Waals surface area contributed by atoms with Gasteiger partial charge in [-0.05, 0) is 31.5 Å². The summed E-state index contributed by atoms with van der Waals surface area (Å²) in [6.45, 7) is 3.93. The summed E-state index contributed by atoms with van der Waals surface area (Å²) in [4.78, 5) is 12.2. The quantitative estimate of drug-likeness (QED) is 0.836. The molecule has 0 radical (unpaired) electrons. The molecule has 2 N–H and O–H groups in total. The number of alkyl halides is 1. The van der Waals surface area contributed by atoms with Gasteiger partial charge >= 0.3 is 0 Å². The molecule has 17 heavy (non-hydrogen) atoms. The number of benzene rings is 1. The van der Waals surface area contributed by atoms with Crippen LogP contribution in [0.5, 0.6) is 5.75 Å². The summed E-state index contributed by atoms with van der Waals surface area (Å²) >= 11 is 9.21. The van der Waals surface area contributed by atoms with Crippen LogP contribution in [0.4, 0.5) is 0 Å². The topological polar surface area (TPSA) is 49.3 Å². The molecule has 5 heteroatoms. The highest BCUT2D eigenvalue weighted by molar-refractivity contribution is 9.09. The van der Waals surface area contributed by atoms with Gasteiger partial charge in [-0.2, -0.15) is 0 Å². The lowest BCUT2D eigenvalue weighted by atomic mass is 10.1. The number of carbonyl (C=O) groups excluding carboxylic acids is 1. The molecule has 1 aromatic rings. The summed E-state index contributed by atoms with van der Waals surface area (Å²) in [6, 6.07) is 4.43. The Kier molecular flexibility index (Phi) is 5.28. The van der Waals surface area contributed by atoms with Gasteiger partial charge in [-0.15, -0.1) is 0 Å². The molecule has 0 heterocycles. The number of hydrogen-bond acceptors (Lipinski definition) is 2. The number of amides is 1. The minimum Gasteiger partial charge on any atom is -0.507 e. The number of hydrogen-bond donors (Lipinski definition) is 2. The van der Waals surface area contributed by atoms with Crippen LogP contribution in [0.2, 0.25) is 5.02 Å². The third-order valence-electron chi connectivity index (χ3n) is 2.26. The van der Waals surface area contributed by atoms with Crippen LogP contribution in [0, 0.1) is 0 Å². The van der Waals surface area contributed by atoms with Crippen molar-refractivity contribution in [1.82, 2.24) is 5.32 Å². The van der Waals surface area contributed by atoms with Crippen molar-refractivity contribution in [3.63, 3.8) is 0 Å². The van der Waals surface area contributed by atoms with E-state index in [4.69, 9.17) is 11.6 Å². The molecule has 1 rings (SSSR count). The summed E-state index contributed by atoms with van der Waals surface area (Å²) in [5, 5.41) is 12.8. The highest BCUT2D eigenvalue weighted by Crippen LogP contribution is 2.21. The largest absolute Gasteiger partial charge is 0.507 e. The van der Waals surface area contributed by atoms with Crippen molar-refractivity contribution in [2.75, 3.05) is 0 Å². The number of halogens is 2. The molecule has 94 valence electrons. The molecule has 3 nitrogen and oxygen atoms in total. The first-order chi connectivity index (χ1) is 7.90. The van der Waals surface area contributed by atoms with Gasteiger partial charge in [0.1, 0.15) is 5.75 Å². The number of rotatable bonds is 4. The average Bonchev–Trinajstić information content (AvgIpc) is 2.20. The number of nitrogens with one attached hydrogen (secondary N) is 1. The molecule has 0 aliphatic carbocycles. The van der Waals surface area contributed by atoms with Crippen LogP contribution < -0.4 is 5.32 Å². The summed E-state index contributed by atoms with van der Waals surface area (Å²) in [5.74, 6) is -0.378. The third-order valence-corrected chi connectivity index (χ3v) is 2.87. The van der Waals surface area contributed by atoms with Crippen molar-refractivity contribution >= 4 is 33.4 Å². The normalized spacial score (nSPS) is 14.1. The molecule has 2 atom stereocenters. The van der Waals surface area contributed by atoms with E-state index in [1.54, 1.807) is 0 Å². The standard InChI is InChI=1S/C12H15BrClNO2/c1-7(13)5-8(2)15-12(17)10-6-9(14)3-4-11(10)16/h3-4,6-8,16H,5H2,1-2H3,(H,15,17). The van der Waals surface area contributed by atoms with Crippen LogP contribution in [-0.2, 0) is 0 Å². The Bertz CT molecular complexity index is 409. The van der Waals surface area contributed by atoms with Crippen molar-refractivity contribution in [3.8, 4) is 5.75 Å². The molecule has 0 aliphatic heterocycles. The number of phenolic OH excluding ortho intramolecular Hbond substituents is 1. The Morgan fingerprint density at radius 3 is 2.76 bits per heavy atom. The fraction of sp³-hybridized carbons (Fsp3) is 0.417. The zero-order valence-electron chi connectivity index (χ0n) is 9.71. The average molecular weight is 321 g/mol. The van der Waals surface area contributed by atoms with Gasteiger partial charge in [0.15, 0.2) is 0 Å². The zero-order chi connectivity index (χ0) is 13.0. The van der Waals surface area contributed by atoms with Crippen molar-refractivity contribution in [1.29, 1.82) is 0 Å². The Morgan fingerprint density at radius 2 is 2.18 bits per heavy atom. The Hall–Kier alpha value is -0.740. The number of carbonyl (C=O) groups is 1. The van der Waals surface area contributed by atoms with E-state index in [9.17, 15) is 9.90 Å². The highest BCUT2D eigenvalue weighted by atomic mass is 79.9. The third kappa shape index (κ3) is 4.56. The lowest BCUT2D eigenvalue weighted by Crippen LogP contribution is -2.33. The van der Waals surface area contributed by atoms with Crippen LogP contribution in [0.25, 0.3) is 0 Å². The van der Waals surface area contributed by atoms with Crippen molar-refractivity contribution < 1.29 is 9.90 Å². The maximum atomic E-state index is 11.9. The molecule has 0 spiro atoms. The summed E-state index contributed by atoms with van der Waals surface area (Å²) < 4.78 is 0. The van der Waals surface area contributed by atoms with Gasteiger partial charge in [-0.25, -0.2) is 0 Å². The molecule has 0 bridgehead atoms. The molecular weight excluding hydrogens is 305 g/mol. The maximum absolute atomic E-state index is 11.9. The second-order valence-electron chi connectivity index (χ2n) is 4.05. The second-order valence-corrected chi connectivity index (χ2v) is 6.05. The van der Waals surface area contributed by atoms with E-state index in [0.717, 1.165) is 6.42 Å². The smallest absolute Gasteiger partial charge is 0.255 e. The molecule has 0 saturated carbocycles. The molecule has 2 unspecified atom stereocenters. The van der Waals surface area contributed by atoms with Gasteiger partial charge in [-0.1, -0.05) is 34.5 Å². The van der Waals surface area contributed by atoms with Crippen LogP contribution >= 0.6 is 27.5 Å². The fourth-order valence-electron chi connectivity index (χ4n) is 1.54. The molecule has 1 amide bonds.